The van der Waals surface area contributed by atoms with Gasteiger partial charge in [-0.05, 0) is 87.9 Å². The van der Waals surface area contributed by atoms with Crippen molar-refractivity contribution in [2.24, 2.45) is 0 Å². The zero-order valence-electron chi connectivity index (χ0n) is 24.2. The van der Waals surface area contributed by atoms with E-state index in [2.05, 4.69) is 106 Å². The molecule has 0 radical (unpaired) electrons. The molecule has 1 aromatic carbocycles. The van der Waals surface area contributed by atoms with Gasteiger partial charge in [0.15, 0.2) is 0 Å². The summed E-state index contributed by atoms with van der Waals surface area (Å²) in [4.78, 5) is 2.52. The first-order chi connectivity index (χ1) is 17.5. The van der Waals surface area contributed by atoms with Gasteiger partial charge in [-0.2, -0.15) is 0 Å². The Balaban J connectivity index is 0. The van der Waals surface area contributed by atoms with Gasteiger partial charge >= 0.3 is 0 Å². The number of allylic oxidation sites excluding steroid dienone is 9. The van der Waals surface area contributed by atoms with Crippen LogP contribution in [-0.4, -0.2) is 25.0 Å². The summed E-state index contributed by atoms with van der Waals surface area (Å²) in [5, 5.41) is 3.16. The fourth-order valence-electron chi connectivity index (χ4n) is 3.69. The van der Waals surface area contributed by atoms with Crippen LogP contribution >= 0.6 is 0 Å². The molecule has 1 aromatic rings. The minimum atomic E-state index is 0.988. The zero-order chi connectivity index (χ0) is 27.8. The van der Waals surface area contributed by atoms with E-state index in [9.17, 15) is 0 Å². The van der Waals surface area contributed by atoms with Crippen LogP contribution < -0.4 is 5.32 Å². The van der Waals surface area contributed by atoms with Gasteiger partial charge in [-0.3, -0.25) is 4.90 Å². The van der Waals surface area contributed by atoms with Gasteiger partial charge in [-0.15, -0.1) is 12.8 Å². The SMILES string of the molecule is C#C.C=CC(=C/C)/C(=C\C/C(C)=C/CC)/C=C(\C)NC.C=Cc1cccc(CN2CCCC2)c1.CC. The molecule has 2 nitrogen and oxygen atoms in total. The van der Waals surface area contributed by atoms with Gasteiger partial charge in [0, 0.05) is 19.3 Å². The summed E-state index contributed by atoms with van der Waals surface area (Å²) in [5.41, 5.74) is 7.59. The summed E-state index contributed by atoms with van der Waals surface area (Å²) >= 11 is 0. The molecule has 0 unspecified atom stereocenters. The molecular weight excluding hydrogens is 436 g/mol. The van der Waals surface area contributed by atoms with E-state index in [1.807, 2.05) is 40.0 Å². The predicted molar refractivity (Wildman–Crippen MR) is 166 cm³/mol. The molecule has 0 aromatic heterocycles. The van der Waals surface area contributed by atoms with E-state index in [1.54, 1.807) is 0 Å². The summed E-state index contributed by atoms with van der Waals surface area (Å²) in [5.74, 6) is 0. The largest absolute Gasteiger partial charge is 0.392 e. The summed E-state index contributed by atoms with van der Waals surface area (Å²) in [6.07, 6.45) is 25.4. The van der Waals surface area contributed by atoms with Crippen molar-refractivity contribution in [3.8, 4) is 12.8 Å². The third-order valence-electron chi connectivity index (χ3n) is 5.62. The molecule has 1 saturated heterocycles. The van der Waals surface area contributed by atoms with Crippen molar-refractivity contribution in [1.82, 2.24) is 10.2 Å². The Kier molecular flexibility index (Phi) is 23.1. The second kappa shape index (κ2) is 23.7. The lowest BCUT2D eigenvalue weighted by Crippen LogP contribution is -2.18. The molecule has 0 bridgehead atoms. The number of nitrogens with one attached hydrogen (secondary N) is 1. The fraction of sp³-hybridized carbons (Fsp3) is 0.412. The molecular formula is C34H52N2. The number of hydrogen-bond donors (Lipinski definition) is 1. The Morgan fingerprint density at radius 1 is 1.06 bits per heavy atom. The highest BCUT2D eigenvalue weighted by molar-refractivity contribution is 5.48. The van der Waals surface area contributed by atoms with Crippen LogP contribution in [0.2, 0.25) is 0 Å². The van der Waals surface area contributed by atoms with Crippen LogP contribution in [0.1, 0.15) is 78.4 Å². The molecule has 0 atom stereocenters. The van der Waals surface area contributed by atoms with E-state index in [0.717, 1.165) is 25.1 Å². The van der Waals surface area contributed by atoms with Crippen LogP contribution in [0.25, 0.3) is 6.08 Å². The molecule has 2 heteroatoms. The van der Waals surface area contributed by atoms with Crippen molar-refractivity contribution >= 4 is 6.08 Å². The lowest BCUT2D eigenvalue weighted by molar-refractivity contribution is 0.331. The van der Waals surface area contributed by atoms with Crippen LogP contribution in [0.4, 0.5) is 0 Å². The van der Waals surface area contributed by atoms with Gasteiger partial charge in [0.25, 0.3) is 0 Å². The highest BCUT2D eigenvalue weighted by Gasteiger charge is 2.11. The van der Waals surface area contributed by atoms with Crippen LogP contribution in [0.15, 0.2) is 90.2 Å². The predicted octanol–water partition coefficient (Wildman–Crippen LogP) is 9.12. The highest BCUT2D eigenvalue weighted by atomic mass is 15.1. The quantitative estimate of drug-likeness (QED) is 0.201. The standard InChI is InChI=1S/C17H27N.C13H17N.C2H6.C2H2/c1-7-10-14(4)11-12-17(13-15(5)18-6)16(8-2)9-3;1-2-12-6-5-7-13(10-12)11-14-8-3-4-9-14;2*1-2/h8-10,12-13,18H,2,7,11H2,1,3-6H3;2,5-7,10H,1,3-4,8-9,11H2;1-2H3;1-2H/b14-10+,15-13+,16-9-,17-12-;;;. The third kappa shape index (κ3) is 15.8. The molecule has 198 valence electrons. The van der Waals surface area contributed by atoms with Crippen molar-refractivity contribution in [2.75, 3.05) is 20.1 Å². The molecule has 1 fully saturated rings. The monoisotopic (exact) mass is 488 g/mol. The van der Waals surface area contributed by atoms with Gasteiger partial charge in [0.05, 0.1) is 0 Å². The smallest absolute Gasteiger partial charge is 0.0233 e. The Morgan fingerprint density at radius 3 is 2.19 bits per heavy atom. The third-order valence-corrected chi connectivity index (χ3v) is 5.62. The van der Waals surface area contributed by atoms with Gasteiger partial charge in [-0.1, -0.05) is 94.1 Å². The molecule has 1 aliphatic rings. The van der Waals surface area contributed by atoms with Crippen LogP contribution in [0.3, 0.4) is 0 Å². The maximum Gasteiger partial charge on any atom is 0.0233 e. The first kappa shape index (κ1) is 35.1. The Morgan fingerprint density at radius 2 is 1.69 bits per heavy atom. The number of terminal acetylenes is 1. The summed E-state index contributed by atoms with van der Waals surface area (Å²) in [6, 6.07) is 8.64. The average Bonchev–Trinajstić information content (AvgIpc) is 3.43. The van der Waals surface area contributed by atoms with E-state index in [4.69, 9.17) is 0 Å². The molecule has 1 heterocycles. The first-order valence-electron chi connectivity index (χ1n) is 13.2. The molecule has 0 spiro atoms. The van der Waals surface area contributed by atoms with E-state index in [-0.39, 0.29) is 0 Å². The maximum atomic E-state index is 4.00. The summed E-state index contributed by atoms with van der Waals surface area (Å²) < 4.78 is 0. The van der Waals surface area contributed by atoms with Gasteiger partial charge in [0.2, 0.25) is 0 Å². The molecule has 2 rings (SSSR count). The average molecular weight is 489 g/mol. The number of nitrogens with zero attached hydrogens (tertiary/aromatic N) is 1. The Hall–Kier alpha value is -3.02. The second-order valence-electron chi connectivity index (χ2n) is 8.28. The van der Waals surface area contributed by atoms with Crippen LogP contribution in [0, 0.1) is 12.8 Å². The first-order valence-corrected chi connectivity index (χ1v) is 13.2. The zero-order valence-corrected chi connectivity index (χ0v) is 24.2. The molecule has 1 N–H and O–H groups in total. The summed E-state index contributed by atoms with van der Waals surface area (Å²) in [6.45, 7) is 23.7. The van der Waals surface area contributed by atoms with E-state index < -0.39 is 0 Å². The molecule has 0 saturated carbocycles. The van der Waals surface area contributed by atoms with Crippen molar-refractivity contribution in [3.63, 3.8) is 0 Å². The number of hydrogen-bond acceptors (Lipinski definition) is 2. The highest BCUT2D eigenvalue weighted by Crippen LogP contribution is 2.17. The van der Waals surface area contributed by atoms with Crippen molar-refractivity contribution in [2.45, 2.75) is 73.8 Å². The topological polar surface area (TPSA) is 15.3 Å². The lowest BCUT2D eigenvalue weighted by atomic mass is 10.0. The van der Waals surface area contributed by atoms with Crippen LogP contribution in [-0.2, 0) is 6.54 Å². The summed E-state index contributed by atoms with van der Waals surface area (Å²) in [7, 11) is 1.94. The normalized spacial score (nSPS) is 14.2. The minimum absolute atomic E-state index is 0.988. The van der Waals surface area contributed by atoms with Crippen LogP contribution in [0.5, 0.6) is 0 Å². The maximum absolute atomic E-state index is 4.00. The van der Waals surface area contributed by atoms with Gasteiger partial charge in [-0.25, -0.2) is 0 Å². The van der Waals surface area contributed by atoms with E-state index in [1.165, 1.54) is 53.8 Å². The Labute approximate surface area is 224 Å². The second-order valence-corrected chi connectivity index (χ2v) is 8.28. The van der Waals surface area contributed by atoms with Gasteiger partial charge in [0.1, 0.15) is 0 Å². The van der Waals surface area contributed by atoms with Crippen molar-refractivity contribution in [1.29, 1.82) is 0 Å². The van der Waals surface area contributed by atoms with Crippen molar-refractivity contribution in [3.05, 3.63) is 101 Å². The van der Waals surface area contributed by atoms with E-state index >= 15 is 0 Å². The van der Waals surface area contributed by atoms with Crippen molar-refractivity contribution < 1.29 is 0 Å². The molecule has 36 heavy (non-hydrogen) atoms. The fourth-order valence-corrected chi connectivity index (χ4v) is 3.69. The molecule has 0 aliphatic carbocycles. The lowest BCUT2D eigenvalue weighted by Gasteiger charge is -2.14. The number of benzene rings is 1. The van der Waals surface area contributed by atoms with Gasteiger partial charge < -0.3 is 5.32 Å². The molecule has 1 aliphatic heterocycles. The van der Waals surface area contributed by atoms with E-state index in [0.29, 0.717) is 0 Å². The number of rotatable bonds is 10. The minimum Gasteiger partial charge on any atom is -0.392 e. The number of likely N-dealkylation sites (tertiary alicyclic amines) is 1. The Bertz CT molecular complexity index is 871. The molecule has 0 amide bonds.